The number of aliphatic hydroxyl groups excluding tert-OH is 3. The van der Waals surface area contributed by atoms with Gasteiger partial charge < -0.3 is 82.9 Å². The minimum absolute atomic E-state index is 0.0139. The van der Waals surface area contributed by atoms with Crippen LogP contribution in [-0.4, -0.2) is 137 Å². The van der Waals surface area contributed by atoms with E-state index >= 15 is 0 Å². The summed E-state index contributed by atoms with van der Waals surface area (Å²) in [6, 6.07) is 61.1. The first-order chi connectivity index (χ1) is 60.2. The molecule has 0 bridgehead atoms. The maximum Gasteiger partial charge on any atom is 0.338 e. The fourth-order valence-corrected chi connectivity index (χ4v) is 14.2. The van der Waals surface area contributed by atoms with E-state index in [4.69, 9.17) is 69.6 Å². The average molecular weight is 1810 g/mol. The Morgan fingerprint density at radius 1 is 0.567 bits per heavy atom. The highest BCUT2D eigenvalue weighted by molar-refractivity contribution is 8.01. The number of carbonyl (C=O) groups excluding carboxylic acids is 6. The number of hydrogen-bond acceptors (Lipinski definition) is 30. The van der Waals surface area contributed by atoms with E-state index < -0.39 is 59.1 Å². The normalized spacial score (nSPS) is 14.6. The number of benzene rings is 8. The molecule has 8 aromatic carbocycles. The molecule has 32 nitrogen and oxygen atoms in total. The summed E-state index contributed by atoms with van der Waals surface area (Å²) in [6.45, 7) is 19.2. The Bertz CT molecular complexity index is 5820. The van der Waals surface area contributed by atoms with Crippen molar-refractivity contribution in [1.29, 1.82) is 15.8 Å². The van der Waals surface area contributed by atoms with E-state index in [1.54, 1.807) is 177 Å². The van der Waals surface area contributed by atoms with E-state index in [2.05, 4.69) is 68.5 Å². The number of nitrogen functional groups attached to an aromatic ring is 1. The number of aromatic carboxylic acids is 1. The third-order valence-electron chi connectivity index (χ3n) is 17.5. The Hall–Kier alpha value is -13.7. The van der Waals surface area contributed by atoms with Crippen molar-refractivity contribution in [1.82, 2.24) is 13.8 Å². The number of carboxylic acid groups (broad SMARTS) is 1. The minimum atomic E-state index is -1.19. The molecule has 127 heavy (non-hydrogen) atoms. The number of isothiocyanates is 1. The molecule has 17 N–H and O–H groups in total. The van der Waals surface area contributed by atoms with Crippen LogP contribution >= 0.6 is 59.9 Å². The van der Waals surface area contributed by atoms with Gasteiger partial charge in [0.1, 0.15) is 71.5 Å². The van der Waals surface area contributed by atoms with Crippen molar-refractivity contribution >= 4 is 168 Å². The molecule has 0 spiro atoms. The molecule has 13 rings (SSSR count). The number of ether oxygens (including phenoxy) is 3. The summed E-state index contributed by atoms with van der Waals surface area (Å²) in [5.74, 6) is -4.11. The largest absolute Gasteiger partial charge is 0.478 e. The molecule has 4 aliphatic rings. The smallest absolute Gasteiger partial charge is 0.338 e. The average Bonchev–Trinajstić information content (AvgIpc) is 1.67. The van der Waals surface area contributed by atoms with Crippen LogP contribution in [0.25, 0.3) is 0 Å². The van der Waals surface area contributed by atoms with Crippen molar-refractivity contribution in [3.8, 4) is 18.2 Å². The van der Waals surface area contributed by atoms with Gasteiger partial charge in [-0.3, -0.25) is 28.5 Å². The van der Waals surface area contributed by atoms with Gasteiger partial charge in [0.25, 0.3) is 17.4 Å². The van der Waals surface area contributed by atoms with Gasteiger partial charge in [0.2, 0.25) is 5.91 Å². The van der Waals surface area contributed by atoms with Gasteiger partial charge in [0, 0.05) is 64.0 Å². The number of anilines is 8. The topological polar surface area (TPSA) is 514 Å². The summed E-state index contributed by atoms with van der Waals surface area (Å²) in [6.07, 6.45) is -0.224. The predicted molar refractivity (Wildman–Crippen MR) is 500 cm³/mol. The van der Waals surface area contributed by atoms with Crippen LogP contribution in [0.3, 0.4) is 0 Å². The summed E-state index contributed by atoms with van der Waals surface area (Å²) >= 11 is 12.8. The number of nitrogens with two attached hydrogens (primary N) is 3. The first-order valence-corrected chi connectivity index (χ1v) is 42.1. The molecule has 4 atom stereocenters. The number of para-hydroxylation sites is 2. The number of nitriles is 3. The van der Waals surface area contributed by atoms with Crippen molar-refractivity contribution < 1.29 is 68.2 Å². The van der Waals surface area contributed by atoms with E-state index in [-0.39, 0.29) is 69.0 Å². The Morgan fingerprint density at radius 3 is 1.32 bits per heavy atom. The first kappa shape index (κ1) is 98.7. The zero-order valence-corrected chi connectivity index (χ0v) is 74.6. The number of nitrogens with zero attached hydrogens (tertiary/aromatic N) is 7. The molecule has 1 aromatic heterocycles. The van der Waals surface area contributed by atoms with Crippen LogP contribution in [0.5, 0.6) is 0 Å². The predicted octanol–water partition coefficient (Wildman–Crippen LogP) is 13.8. The van der Waals surface area contributed by atoms with Crippen LogP contribution in [0.1, 0.15) is 148 Å². The fourth-order valence-electron chi connectivity index (χ4n) is 11.5. The third kappa shape index (κ3) is 29.5. The fraction of sp³-hybridized carbons (Fsp3) is 0.244. The van der Waals surface area contributed by atoms with Crippen molar-refractivity contribution in [2.24, 2.45) is 27.4 Å². The molecule has 0 saturated heterocycles. The maximum atomic E-state index is 13.0. The molecular weight excluding hydrogens is 1720 g/mol. The summed E-state index contributed by atoms with van der Waals surface area (Å²) < 4.78 is 23.6. The molecule has 0 aliphatic carbocycles. The number of amidine groups is 1. The lowest BCUT2D eigenvalue weighted by molar-refractivity contribution is -0.118. The zero-order chi connectivity index (χ0) is 93.0. The number of thiocarbonyl (C=S) groups is 2. The minimum Gasteiger partial charge on any atom is -0.478 e. The van der Waals surface area contributed by atoms with E-state index in [1.165, 1.54) is 35.2 Å². The lowest BCUT2D eigenvalue weighted by Gasteiger charge is -2.19. The lowest BCUT2D eigenvalue weighted by Crippen LogP contribution is -2.32. The second kappa shape index (κ2) is 45.8. The van der Waals surface area contributed by atoms with Crippen LogP contribution < -0.4 is 63.3 Å². The number of fused-ring (bicyclic) bond motifs is 2. The molecule has 4 aliphatic heterocycles. The van der Waals surface area contributed by atoms with Crippen LogP contribution in [-0.2, 0) is 31.8 Å². The SMILES string of the molecule is CC(C)(C)OC(=O)c1ccc(N)cc1.CC(C)(C)OC(=O)c1ccc(N=C=S)cc1.CC(C)(C)OC(=O)c1ccc(NC(=S)C(C#N)C(N)=O)cc1.CC(CO)N=C(N)c1c(Nc2ccc(C(=O)N3CCc4ccccc43)cc2)s[nH]c1=O.N#CC1=C(Nc2ccc(C(=O)N3CCc4ccccc43)cc2)SNC1O.N#CC1=C(Nc2ccc(C(=O)O)cc2)SNC1O. The van der Waals surface area contributed by atoms with Crippen LogP contribution in [0, 0.1) is 39.9 Å². The molecule has 0 fully saturated rings. The van der Waals surface area contributed by atoms with Gasteiger partial charge in [-0.25, -0.2) is 28.6 Å². The van der Waals surface area contributed by atoms with Crippen molar-refractivity contribution in [3.63, 3.8) is 0 Å². The number of hydrogen-bond donors (Lipinski definition) is 14. The number of carboxylic acids is 1. The molecule has 5 heterocycles. The monoisotopic (exact) mass is 1810 g/mol. The Labute approximate surface area is 756 Å². The molecule has 0 radical (unpaired) electrons. The van der Waals surface area contributed by atoms with E-state index in [1.807, 2.05) is 96.1 Å². The summed E-state index contributed by atoms with van der Waals surface area (Å²) in [4.78, 5) is 106. The Balaban J connectivity index is 0.000000193. The zero-order valence-electron chi connectivity index (χ0n) is 70.5. The van der Waals surface area contributed by atoms with Crippen LogP contribution in [0.4, 0.5) is 50.5 Å². The second-order valence-electron chi connectivity index (χ2n) is 30.7. The summed E-state index contributed by atoms with van der Waals surface area (Å²) in [5, 5.41) is 79.6. The van der Waals surface area contributed by atoms with Gasteiger partial charge in [-0.15, -0.1) is 0 Å². The number of aliphatic imine (C=N–C) groups is 2. The number of aromatic nitrogens is 1. The van der Waals surface area contributed by atoms with Gasteiger partial charge in [-0.1, -0.05) is 48.6 Å². The van der Waals surface area contributed by atoms with Gasteiger partial charge in [-0.05, 0) is 299 Å². The number of nitrogens with one attached hydrogen (secondary N) is 7. The lowest BCUT2D eigenvalue weighted by atomic mass is 10.1. The summed E-state index contributed by atoms with van der Waals surface area (Å²) in [5.41, 5.74) is 26.4. The molecule has 4 unspecified atom stereocenters. The Kier molecular flexibility index (Phi) is 35.6. The second-order valence-corrected chi connectivity index (χ2v) is 33.9. The number of amides is 3. The highest BCUT2D eigenvalue weighted by Crippen LogP contribution is 2.34. The highest BCUT2D eigenvalue weighted by Gasteiger charge is 2.31. The van der Waals surface area contributed by atoms with E-state index in [0.717, 1.165) is 53.4 Å². The number of aliphatic hydroxyl groups is 3. The summed E-state index contributed by atoms with van der Waals surface area (Å²) in [7, 11) is 0. The molecular formula is C90H93N17O15S5. The highest BCUT2D eigenvalue weighted by atomic mass is 32.2. The number of esters is 3. The molecule has 9 aromatic rings. The quantitative estimate of drug-likeness (QED) is 0.00680. The van der Waals surface area contributed by atoms with Crippen LogP contribution in [0.15, 0.2) is 230 Å². The first-order valence-electron chi connectivity index (χ1n) is 38.8. The molecule has 0 saturated carbocycles. The van der Waals surface area contributed by atoms with Crippen molar-refractivity contribution in [2.75, 3.05) is 56.5 Å². The van der Waals surface area contributed by atoms with Gasteiger partial charge in [0.05, 0.1) is 51.8 Å². The molecule has 37 heteroatoms. The van der Waals surface area contributed by atoms with E-state index in [9.17, 15) is 48.6 Å². The number of primary amides is 1. The Morgan fingerprint density at radius 2 is 0.945 bits per heavy atom. The van der Waals surface area contributed by atoms with Gasteiger partial charge in [-0.2, -0.15) is 20.8 Å². The van der Waals surface area contributed by atoms with Crippen molar-refractivity contribution in [2.45, 2.75) is 117 Å². The molecule has 3 amide bonds. The number of H-pyrrole nitrogens is 1. The van der Waals surface area contributed by atoms with Gasteiger partial charge >= 0.3 is 23.9 Å². The van der Waals surface area contributed by atoms with E-state index in [0.29, 0.717) is 84.4 Å². The number of aromatic amines is 1. The number of rotatable bonds is 19. The van der Waals surface area contributed by atoms with Crippen molar-refractivity contribution in [3.05, 3.63) is 276 Å². The standard InChI is InChI=1S/C22H23N5O3S.C19H16N4O2S.C15H17N3O3S.C12H13NO2S.C11H9N3O3S.C11H15NO2/c1-13(12-28)24-19(23)18-20(29)26-31-21(18)25-16-8-6-15(7-9-16)22(30)27-11-10-14-4-2-3-5-17(14)27;20-11-15-17(24)22-26-18(15)21-14-7-5-13(6-8-14)19(25)23-10-9-12-3-1-2-4-16(12)23;1-15(2,3)21-14(20)9-4-6-10(7-5-9)18-13(22)11(8-16)12(17)19;1-12(2,3)15-11(14)9-4-6-10(7-5-9)13-8-16;12-5-8-9(15)14-18-10(8)13-7-3-1-6(2-4-7)11(16)17;1-11(2,3)14-10(13)8-4-6-9(12)7-5-8/h2-9,13,25,28H,10-12H2,1H3,(H2,23,24)(H,26,29);1-8,17,21-22,24H,9-10H2;4-7,11H,1-3H3,(H2,17,19)(H,18,22);4-7H,1-3H3;1-4,9,13-15H,(H,16,17);4-7H,12H2,1-3H3. The third-order valence-corrected chi connectivity index (χ3v) is 20.5. The van der Waals surface area contributed by atoms with Crippen LogP contribution in [0.2, 0.25) is 0 Å². The maximum absolute atomic E-state index is 13.0. The number of carbonyl (C=O) groups is 7. The molecule has 658 valence electrons. The van der Waals surface area contributed by atoms with Gasteiger partial charge in [0.15, 0.2) is 18.4 Å².